The molecule has 0 unspecified atom stereocenters. The van der Waals surface area contributed by atoms with Crippen molar-refractivity contribution >= 4 is 23.6 Å². The highest BCUT2D eigenvalue weighted by atomic mass is 32.2. The molecule has 1 atom stereocenters. The van der Waals surface area contributed by atoms with Gasteiger partial charge in [0, 0.05) is 18.9 Å². The molecular weight excluding hydrogens is 402 g/mol. The van der Waals surface area contributed by atoms with E-state index in [1.807, 2.05) is 30.3 Å². The Balaban J connectivity index is 1.72. The average molecular weight is 423 g/mol. The number of ether oxygens (including phenoxy) is 1. The first-order chi connectivity index (χ1) is 14.5. The highest BCUT2D eigenvalue weighted by Gasteiger charge is 2.30. The van der Waals surface area contributed by atoms with Gasteiger partial charge in [-0.25, -0.2) is 0 Å². The summed E-state index contributed by atoms with van der Waals surface area (Å²) >= 11 is 1.12. The van der Waals surface area contributed by atoms with E-state index in [-0.39, 0.29) is 35.5 Å². The fourth-order valence-electron chi connectivity index (χ4n) is 3.11. The average Bonchev–Trinajstić information content (AvgIpc) is 2.77. The first-order valence-corrected chi connectivity index (χ1v) is 10.2. The summed E-state index contributed by atoms with van der Waals surface area (Å²) in [6, 6.07) is 16.5. The molecule has 2 aromatic rings. The van der Waals surface area contributed by atoms with E-state index in [2.05, 4.69) is 16.7 Å². The van der Waals surface area contributed by atoms with Crippen LogP contribution in [0.3, 0.4) is 0 Å². The van der Waals surface area contributed by atoms with Gasteiger partial charge in [-0.15, -0.1) is 0 Å². The van der Waals surface area contributed by atoms with E-state index in [9.17, 15) is 20.0 Å². The van der Waals surface area contributed by atoms with Crippen LogP contribution in [-0.2, 0) is 16.1 Å². The molecule has 0 aromatic heterocycles. The van der Waals surface area contributed by atoms with Crippen LogP contribution in [0.15, 0.2) is 59.1 Å². The lowest BCUT2D eigenvalue weighted by Crippen LogP contribution is -2.32. The van der Waals surface area contributed by atoms with Gasteiger partial charge in [0.25, 0.3) is 0 Å². The predicted octanol–water partition coefficient (Wildman–Crippen LogP) is 2.79. The smallest absolute Gasteiger partial charge is 0.230 e. The number of nitrogens with one attached hydrogen (secondary N) is 2. The molecule has 0 aliphatic carbocycles. The third-order valence-corrected chi connectivity index (χ3v) is 5.66. The molecule has 30 heavy (non-hydrogen) atoms. The van der Waals surface area contributed by atoms with Crippen molar-refractivity contribution in [1.82, 2.24) is 10.6 Å². The van der Waals surface area contributed by atoms with Crippen molar-refractivity contribution in [3.63, 3.8) is 0 Å². The molecule has 0 saturated carbocycles. The number of rotatable bonds is 7. The van der Waals surface area contributed by atoms with Crippen molar-refractivity contribution in [3.8, 4) is 17.6 Å². The molecular formula is C22H21N3O4S. The number of carbonyl (C=O) groups excluding carboxylic acids is 2. The molecule has 0 fully saturated rings. The van der Waals surface area contributed by atoms with Gasteiger partial charge in [0.15, 0.2) is 11.5 Å². The monoisotopic (exact) mass is 423 g/mol. The molecule has 2 amide bonds. The quantitative estimate of drug-likeness (QED) is 0.631. The minimum absolute atomic E-state index is 0.0197. The van der Waals surface area contributed by atoms with Gasteiger partial charge in [-0.05, 0) is 23.3 Å². The number of phenols is 1. The summed E-state index contributed by atoms with van der Waals surface area (Å²) < 4.78 is 5.13. The van der Waals surface area contributed by atoms with Crippen molar-refractivity contribution in [1.29, 1.82) is 5.26 Å². The first kappa shape index (κ1) is 21.3. The lowest BCUT2D eigenvalue weighted by molar-refractivity contribution is -0.121. The van der Waals surface area contributed by atoms with Crippen LogP contribution in [0.2, 0.25) is 0 Å². The van der Waals surface area contributed by atoms with E-state index >= 15 is 0 Å². The van der Waals surface area contributed by atoms with Gasteiger partial charge in [0.2, 0.25) is 11.8 Å². The summed E-state index contributed by atoms with van der Waals surface area (Å²) in [5, 5.41) is 25.4. The summed E-state index contributed by atoms with van der Waals surface area (Å²) in [6.45, 7) is 0.409. The van der Waals surface area contributed by atoms with Gasteiger partial charge in [0.1, 0.15) is 0 Å². The van der Waals surface area contributed by atoms with Gasteiger partial charge in [0.05, 0.1) is 29.5 Å². The van der Waals surface area contributed by atoms with Crippen LogP contribution in [0.1, 0.15) is 23.5 Å². The highest BCUT2D eigenvalue weighted by molar-refractivity contribution is 8.03. The third-order valence-electron chi connectivity index (χ3n) is 4.64. The standard InChI is InChI=1S/C22H21N3O4S/c1-29-19-9-15(7-8-18(19)26)16-10-20(27)25-22(17(16)11-23)30-13-21(28)24-12-14-5-3-2-4-6-14/h2-9,16,26H,10,12-13H2,1H3,(H,24,28)(H,25,27)/t16-/m0/s1. The van der Waals surface area contributed by atoms with Crippen molar-refractivity contribution < 1.29 is 19.4 Å². The second kappa shape index (κ2) is 9.85. The molecule has 154 valence electrons. The summed E-state index contributed by atoms with van der Waals surface area (Å²) in [4.78, 5) is 24.5. The summed E-state index contributed by atoms with van der Waals surface area (Å²) in [7, 11) is 1.43. The lowest BCUT2D eigenvalue weighted by atomic mass is 9.87. The number of aromatic hydroxyl groups is 1. The largest absolute Gasteiger partial charge is 0.504 e. The van der Waals surface area contributed by atoms with Crippen molar-refractivity contribution in [2.75, 3.05) is 12.9 Å². The van der Waals surface area contributed by atoms with E-state index < -0.39 is 5.92 Å². The minimum atomic E-state index is -0.479. The Hall–Kier alpha value is -3.44. The number of thioether (sulfide) groups is 1. The molecule has 3 rings (SSSR count). The number of methoxy groups -OCH3 is 1. The lowest BCUT2D eigenvalue weighted by Gasteiger charge is -2.25. The molecule has 0 saturated heterocycles. The summed E-state index contributed by atoms with van der Waals surface area (Å²) in [5.41, 5.74) is 2.05. The van der Waals surface area contributed by atoms with Crippen molar-refractivity contribution in [3.05, 3.63) is 70.3 Å². The topological polar surface area (TPSA) is 111 Å². The Labute approximate surface area is 178 Å². The van der Waals surface area contributed by atoms with E-state index in [0.29, 0.717) is 22.7 Å². The maximum absolute atomic E-state index is 12.2. The molecule has 1 heterocycles. The number of nitriles is 1. The molecule has 0 radical (unpaired) electrons. The van der Waals surface area contributed by atoms with E-state index in [1.165, 1.54) is 13.2 Å². The molecule has 0 bridgehead atoms. The zero-order valence-corrected chi connectivity index (χ0v) is 17.2. The van der Waals surface area contributed by atoms with Crippen LogP contribution in [0, 0.1) is 11.3 Å². The number of hydrogen-bond acceptors (Lipinski definition) is 6. The van der Waals surface area contributed by atoms with Crippen LogP contribution < -0.4 is 15.4 Å². The zero-order chi connectivity index (χ0) is 21.5. The van der Waals surface area contributed by atoms with Gasteiger partial charge in [-0.1, -0.05) is 48.2 Å². The predicted molar refractivity (Wildman–Crippen MR) is 114 cm³/mol. The van der Waals surface area contributed by atoms with E-state index in [1.54, 1.807) is 12.1 Å². The van der Waals surface area contributed by atoms with Gasteiger partial charge in [-0.2, -0.15) is 5.26 Å². The van der Waals surface area contributed by atoms with Gasteiger partial charge in [-0.3, -0.25) is 9.59 Å². The Bertz CT molecular complexity index is 1010. The molecule has 3 N–H and O–H groups in total. The Morgan fingerprint density at radius 2 is 2.10 bits per heavy atom. The molecule has 1 aliphatic rings. The van der Waals surface area contributed by atoms with Crippen LogP contribution in [-0.4, -0.2) is 29.8 Å². The molecule has 2 aromatic carbocycles. The molecule has 0 spiro atoms. The maximum atomic E-state index is 12.2. The number of nitrogens with zero attached hydrogens (tertiary/aromatic N) is 1. The van der Waals surface area contributed by atoms with Crippen LogP contribution >= 0.6 is 11.8 Å². The second-order valence-corrected chi connectivity index (χ2v) is 7.63. The summed E-state index contributed by atoms with van der Waals surface area (Å²) in [5.74, 6) is -0.596. The Morgan fingerprint density at radius 1 is 1.33 bits per heavy atom. The fraction of sp³-hybridized carbons (Fsp3) is 0.227. The Morgan fingerprint density at radius 3 is 2.80 bits per heavy atom. The van der Waals surface area contributed by atoms with Crippen LogP contribution in [0.4, 0.5) is 0 Å². The number of allylic oxidation sites excluding steroid dienone is 1. The normalized spacial score (nSPS) is 15.9. The van der Waals surface area contributed by atoms with Crippen molar-refractivity contribution in [2.45, 2.75) is 18.9 Å². The third kappa shape index (κ3) is 5.13. The number of hydrogen-bond donors (Lipinski definition) is 3. The SMILES string of the molecule is COc1cc([C@@H]2CC(=O)NC(SCC(=O)NCc3ccccc3)=C2C#N)ccc1O. The second-order valence-electron chi connectivity index (χ2n) is 6.64. The number of amides is 2. The maximum Gasteiger partial charge on any atom is 0.230 e. The summed E-state index contributed by atoms with van der Waals surface area (Å²) in [6.07, 6.45) is 0.0983. The van der Waals surface area contributed by atoms with Crippen molar-refractivity contribution in [2.24, 2.45) is 0 Å². The van der Waals surface area contributed by atoms with Crippen LogP contribution in [0.25, 0.3) is 0 Å². The number of benzene rings is 2. The van der Waals surface area contributed by atoms with E-state index in [0.717, 1.165) is 17.3 Å². The highest BCUT2D eigenvalue weighted by Crippen LogP contribution is 2.38. The number of carbonyl (C=O) groups is 2. The first-order valence-electron chi connectivity index (χ1n) is 9.26. The van der Waals surface area contributed by atoms with Gasteiger partial charge < -0.3 is 20.5 Å². The Kier molecular flexibility index (Phi) is 6.99. The zero-order valence-electron chi connectivity index (χ0n) is 16.3. The number of phenolic OH excluding ortho intramolecular Hbond substituents is 1. The fourth-order valence-corrected chi connectivity index (χ4v) is 4.02. The minimum Gasteiger partial charge on any atom is -0.504 e. The van der Waals surface area contributed by atoms with Gasteiger partial charge >= 0.3 is 0 Å². The van der Waals surface area contributed by atoms with Crippen LogP contribution in [0.5, 0.6) is 11.5 Å². The molecule has 7 nitrogen and oxygen atoms in total. The molecule has 8 heteroatoms. The molecule has 1 aliphatic heterocycles. The van der Waals surface area contributed by atoms with E-state index in [4.69, 9.17) is 4.74 Å².